The Hall–Kier alpha value is -1.16. The minimum atomic E-state index is 0.749. The molecule has 4 nitrogen and oxygen atoms in total. The topological polar surface area (TPSA) is 41.1 Å². The zero-order valence-electron chi connectivity index (χ0n) is 12.6. The molecule has 0 saturated carbocycles. The maximum Gasteiger partial charge on any atom is 0.225 e. The van der Waals surface area contributed by atoms with Crippen LogP contribution in [0.4, 0.5) is 5.95 Å². The molecule has 1 aromatic heterocycles. The monoisotopic (exact) mass is 262 g/mol. The van der Waals surface area contributed by atoms with Crippen LogP contribution < -0.4 is 10.2 Å². The van der Waals surface area contributed by atoms with E-state index in [9.17, 15) is 0 Å². The van der Waals surface area contributed by atoms with Gasteiger partial charge < -0.3 is 10.2 Å². The molecule has 4 heteroatoms. The molecule has 0 amide bonds. The number of aromatic nitrogens is 2. The van der Waals surface area contributed by atoms with E-state index in [1.807, 2.05) is 6.20 Å². The summed E-state index contributed by atoms with van der Waals surface area (Å²) in [5.74, 6) is 2.44. The zero-order valence-corrected chi connectivity index (χ0v) is 12.6. The molecule has 1 fully saturated rings. The molecular weight excluding hydrogens is 236 g/mol. The Kier molecular flexibility index (Phi) is 4.75. The number of nitrogens with zero attached hydrogens (tertiary/aromatic N) is 3. The van der Waals surface area contributed by atoms with Crippen LogP contribution in [-0.2, 0) is 6.54 Å². The van der Waals surface area contributed by atoms with E-state index in [4.69, 9.17) is 0 Å². The molecule has 0 radical (unpaired) electrons. The number of aryl methyl sites for hydroxylation is 1. The second kappa shape index (κ2) is 6.33. The van der Waals surface area contributed by atoms with Crippen LogP contribution in [0.25, 0.3) is 0 Å². The van der Waals surface area contributed by atoms with Crippen LogP contribution >= 0.6 is 0 Å². The summed E-state index contributed by atoms with van der Waals surface area (Å²) in [6.45, 7) is 12.8. The molecular formula is C15H26N4. The fraction of sp³-hybridized carbons (Fsp3) is 0.733. The highest BCUT2D eigenvalue weighted by molar-refractivity contribution is 5.34. The van der Waals surface area contributed by atoms with Gasteiger partial charge in [-0.25, -0.2) is 9.97 Å². The van der Waals surface area contributed by atoms with E-state index in [0.29, 0.717) is 0 Å². The molecule has 0 aromatic carbocycles. The third-order valence-corrected chi connectivity index (χ3v) is 4.08. The summed E-state index contributed by atoms with van der Waals surface area (Å²) < 4.78 is 0. The van der Waals surface area contributed by atoms with E-state index in [0.717, 1.165) is 49.7 Å². The van der Waals surface area contributed by atoms with Gasteiger partial charge in [0.1, 0.15) is 0 Å². The number of nitrogens with one attached hydrogen (secondary N) is 1. The summed E-state index contributed by atoms with van der Waals surface area (Å²) in [6, 6.07) is 0. The third-order valence-electron chi connectivity index (χ3n) is 4.08. The van der Waals surface area contributed by atoms with Gasteiger partial charge in [-0.15, -0.1) is 0 Å². The average molecular weight is 262 g/mol. The fourth-order valence-corrected chi connectivity index (χ4v) is 2.58. The molecule has 0 spiro atoms. The molecule has 2 heterocycles. The van der Waals surface area contributed by atoms with Crippen LogP contribution in [0.3, 0.4) is 0 Å². The van der Waals surface area contributed by atoms with Crippen molar-refractivity contribution in [2.24, 2.45) is 11.8 Å². The van der Waals surface area contributed by atoms with Crippen molar-refractivity contribution in [2.45, 2.75) is 40.7 Å². The van der Waals surface area contributed by atoms with E-state index >= 15 is 0 Å². The van der Waals surface area contributed by atoms with Crippen LogP contribution in [0.5, 0.6) is 0 Å². The maximum atomic E-state index is 4.68. The first-order valence-corrected chi connectivity index (χ1v) is 7.40. The fourth-order valence-electron chi connectivity index (χ4n) is 2.58. The minimum absolute atomic E-state index is 0.749. The smallest absolute Gasteiger partial charge is 0.225 e. The molecule has 2 rings (SSSR count). The van der Waals surface area contributed by atoms with Gasteiger partial charge in [-0.2, -0.15) is 0 Å². The zero-order chi connectivity index (χ0) is 13.8. The predicted molar refractivity (Wildman–Crippen MR) is 79.3 cm³/mol. The summed E-state index contributed by atoms with van der Waals surface area (Å²) in [4.78, 5) is 11.5. The van der Waals surface area contributed by atoms with Crippen LogP contribution in [0, 0.1) is 18.8 Å². The molecule has 1 atom stereocenters. The molecule has 1 aliphatic heterocycles. The Bertz CT molecular complexity index is 417. The van der Waals surface area contributed by atoms with Crippen molar-refractivity contribution < 1.29 is 0 Å². The summed E-state index contributed by atoms with van der Waals surface area (Å²) in [6.07, 6.45) is 3.24. The number of hydrogen-bond acceptors (Lipinski definition) is 4. The number of rotatable bonds is 5. The molecule has 1 aromatic rings. The van der Waals surface area contributed by atoms with E-state index in [-0.39, 0.29) is 0 Å². The van der Waals surface area contributed by atoms with E-state index in [2.05, 4.69) is 47.9 Å². The van der Waals surface area contributed by atoms with E-state index < -0.39 is 0 Å². The Morgan fingerprint density at radius 3 is 2.84 bits per heavy atom. The van der Waals surface area contributed by atoms with Gasteiger partial charge in [0, 0.05) is 37.1 Å². The first kappa shape index (κ1) is 14.3. The van der Waals surface area contributed by atoms with Gasteiger partial charge in [0.05, 0.1) is 0 Å². The lowest BCUT2D eigenvalue weighted by Crippen LogP contribution is -2.24. The predicted octanol–water partition coefficient (Wildman–Crippen LogP) is 2.38. The van der Waals surface area contributed by atoms with Gasteiger partial charge in [0.2, 0.25) is 5.95 Å². The Labute approximate surface area is 116 Å². The largest absolute Gasteiger partial charge is 0.341 e. The lowest BCUT2D eigenvalue weighted by molar-refractivity contribution is 0.422. The highest BCUT2D eigenvalue weighted by atomic mass is 15.3. The third kappa shape index (κ3) is 3.44. The van der Waals surface area contributed by atoms with Crippen molar-refractivity contribution in [2.75, 3.05) is 24.5 Å². The molecule has 1 saturated heterocycles. The van der Waals surface area contributed by atoms with E-state index in [1.54, 1.807) is 0 Å². The Morgan fingerprint density at radius 2 is 2.26 bits per heavy atom. The van der Waals surface area contributed by atoms with E-state index in [1.165, 1.54) is 12.0 Å². The quantitative estimate of drug-likeness (QED) is 0.884. The number of anilines is 1. The normalized spacial score (nSPS) is 19.4. The van der Waals surface area contributed by atoms with Gasteiger partial charge in [0.25, 0.3) is 0 Å². The minimum Gasteiger partial charge on any atom is -0.341 e. The summed E-state index contributed by atoms with van der Waals surface area (Å²) in [5.41, 5.74) is 2.30. The first-order chi connectivity index (χ1) is 9.11. The van der Waals surface area contributed by atoms with Crippen molar-refractivity contribution in [1.82, 2.24) is 15.3 Å². The van der Waals surface area contributed by atoms with Gasteiger partial charge >= 0.3 is 0 Å². The Balaban J connectivity index is 2.04. The van der Waals surface area contributed by atoms with Crippen molar-refractivity contribution in [3.05, 3.63) is 17.5 Å². The Morgan fingerprint density at radius 1 is 1.47 bits per heavy atom. The van der Waals surface area contributed by atoms with Crippen molar-refractivity contribution in [3.8, 4) is 0 Å². The highest BCUT2D eigenvalue weighted by Gasteiger charge is 2.26. The average Bonchev–Trinajstić information content (AvgIpc) is 2.87. The lowest BCUT2D eigenvalue weighted by Gasteiger charge is -2.19. The maximum absolute atomic E-state index is 4.68. The first-order valence-electron chi connectivity index (χ1n) is 7.40. The second-order valence-corrected chi connectivity index (χ2v) is 5.80. The molecule has 0 bridgehead atoms. The van der Waals surface area contributed by atoms with Crippen molar-refractivity contribution in [1.29, 1.82) is 0 Å². The number of hydrogen-bond donors (Lipinski definition) is 1. The summed E-state index contributed by atoms with van der Waals surface area (Å²) in [7, 11) is 0. The van der Waals surface area contributed by atoms with Crippen LogP contribution in [-0.4, -0.2) is 29.6 Å². The lowest BCUT2D eigenvalue weighted by atomic mass is 9.95. The van der Waals surface area contributed by atoms with Gasteiger partial charge in [-0.3, -0.25) is 0 Å². The molecule has 1 aliphatic rings. The summed E-state index contributed by atoms with van der Waals surface area (Å²) in [5, 5.41) is 3.32. The summed E-state index contributed by atoms with van der Waals surface area (Å²) >= 11 is 0. The van der Waals surface area contributed by atoms with Crippen LogP contribution in [0.2, 0.25) is 0 Å². The van der Waals surface area contributed by atoms with Crippen molar-refractivity contribution >= 4 is 5.95 Å². The standard InChI is InChI=1S/C15H26N4/c1-5-16-8-14-9-17-15(18-12(14)4)19-7-6-13(10-19)11(2)3/h9,11,13,16H,5-8,10H2,1-4H3. The van der Waals surface area contributed by atoms with Gasteiger partial charge in [0.15, 0.2) is 0 Å². The van der Waals surface area contributed by atoms with Gasteiger partial charge in [-0.1, -0.05) is 20.8 Å². The SMILES string of the molecule is CCNCc1cnc(N2CCC(C(C)C)C2)nc1C. The second-order valence-electron chi connectivity index (χ2n) is 5.80. The molecule has 0 aliphatic carbocycles. The van der Waals surface area contributed by atoms with Crippen LogP contribution in [0.15, 0.2) is 6.20 Å². The molecule has 1 N–H and O–H groups in total. The van der Waals surface area contributed by atoms with Gasteiger partial charge in [-0.05, 0) is 31.7 Å². The van der Waals surface area contributed by atoms with Crippen molar-refractivity contribution in [3.63, 3.8) is 0 Å². The van der Waals surface area contributed by atoms with Crippen LogP contribution in [0.1, 0.15) is 38.4 Å². The molecule has 1 unspecified atom stereocenters. The molecule has 106 valence electrons. The molecule has 19 heavy (non-hydrogen) atoms. The highest BCUT2D eigenvalue weighted by Crippen LogP contribution is 2.26.